The molecule has 0 bridgehead atoms. The second kappa shape index (κ2) is 7.90. The van der Waals surface area contributed by atoms with Gasteiger partial charge in [0.1, 0.15) is 12.1 Å². The van der Waals surface area contributed by atoms with E-state index in [4.69, 9.17) is 10.00 Å². The number of rotatable bonds is 5. The Morgan fingerprint density at radius 2 is 1.81 bits per heavy atom. The smallest absolute Gasteiger partial charge is 0.330 e. The van der Waals surface area contributed by atoms with Gasteiger partial charge in [0.05, 0.1) is 0 Å². The molecule has 1 aromatic rings. The minimum atomic E-state index is -0.849. The number of carbonyl (C=O) groups is 2. The van der Waals surface area contributed by atoms with E-state index in [2.05, 4.69) is 10.6 Å². The molecule has 2 amide bonds. The summed E-state index contributed by atoms with van der Waals surface area (Å²) in [5, 5.41) is 13.8. The summed E-state index contributed by atoms with van der Waals surface area (Å²) >= 11 is 0. The molecule has 6 heteroatoms. The molecule has 0 heterocycles. The van der Waals surface area contributed by atoms with E-state index in [1.54, 1.807) is 38.1 Å². The van der Waals surface area contributed by atoms with Crippen LogP contribution in [0.2, 0.25) is 0 Å². The quantitative estimate of drug-likeness (QED) is 0.813. The fraction of sp³-hybridized carbons (Fsp3) is 0.400. The first kappa shape index (κ1) is 16.5. The highest BCUT2D eigenvalue weighted by Gasteiger charge is 2.27. The molecule has 0 aliphatic rings. The Hall–Kier alpha value is -2.55. The first-order valence-corrected chi connectivity index (χ1v) is 6.66. The monoisotopic (exact) mass is 289 g/mol. The van der Waals surface area contributed by atoms with Crippen molar-refractivity contribution in [3.8, 4) is 6.07 Å². The van der Waals surface area contributed by atoms with Crippen LogP contribution >= 0.6 is 0 Å². The summed E-state index contributed by atoms with van der Waals surface area (Å²) in [6, 6.07) is 9.38. The van der Waals surface area contributed by atoms with Gasteiger partial charge >= 0.3 is 12.0 Å². The molecule has 0 saturated carbocycles. The molecule has 0 saturated heterocycles. The van der Waals surface area contributed by atoms with Gasteiger partial charge in [0.15, 0.2) is 6.10 Å². The molecule has 6 nitrogen and oxygen atoms in total. The van der Waals surface area contributed by atoms with Gasteiger partial charge in [-0.1, -0.05) is 32.0 Å². The van der Waals surface area contributed by atoms with Crippen LogP contribution in [0.25, 0.3) is 0 Å². The van der Waals surface area contributed by atoms with Crippen molar-refractivity contribution < 1.29 is 14.3 Å². The first-order chi connectivity index (χ1) is 9.93. The maximum atomic E-state index is 11.9. The molecule has 0 fully saturated rings. The van der Waals surface area contributed by atoms with Gasteiger partial charge in [-0.3, -0.25) is 0 Å². The maximum absolute atomic E-state index is 11.9. The van der Waals surface area contributed by atoms with Crippen molar-refractivity contribution >= 4 is 17.7 Å². The number of amides is 2. The third-order valence-corrected chi connectivity index (χ3v) is 2.71. The highest BCUT2D eigenvalue weighted by atomic mass is 16.5. The van der Waals surface area contributed by atoms with Crippen LogP contribution < -0.4 is 10.6 Å². The SMILES string of the molecule is CC(C)[C@H](NC(=O)Nc1ccccc1)C(=O)O[C@H](C)C#N. The Bertz CT molecular complexity index is 523. The molecule has 2 atom stereocenters. The maximum Gasteiger partial charge on any atom is 0.330 e. The van der Waals surface area contributed by atoms with Crippen LogP contribution in [-0.2, 0) is 9.53 Å². The molecule has 0 unspecified atom stereocenters. The second-order valence-corrected chi connectivity index (χ2v) is 4.89. The van der Waals surface area contributed by atoms with Gasteiger partial charge in [-0.2, -0.15) is 5.26 Å². The Kier molecular flexibility index (Phi) is 6.21. The van der Waals surface area contributed by atoms with Crippen molar-refractivity contribution in [2.75, 3.05) is 5.32 Å². The lowest BCUT2D eigenvalue weighted by molar-refractivity contribution is -0.149. The normalized spacial score (nSPS) is 12.9. The molecule has 2 N–H and O–H groups in total. The van der Waals surface area contributed by atoms with E-state index in [0.717, 1.165) is 0 Å². The van der Waals surface area contributed by atoms with E-state index in [1.807, 2.05) is 12.1 Å². The van der Waals surface area contributed by atoms with Crippen molar-refractivity contribution in [1.29, 1.82) is 5.26 Å². The zero-order valence-corrected chi connectivity index (χ0v) is 12.3. The van der Waals surface area contributed by atoms with Crippen molar-refractivity contribution in [1.82, 2.24) is 5.32 Å². The summed E-state index contributed by atoms with van der Waals surface area (Å²) in [5.41, 5.74) is 0.622. The van der Waals surface area contributed by atoms with Crippen molar-refractivity contribution in [2.24, 2.45) is 5.92 Å². The molecule has 0 spiro atoms. The summed E-state index contributed by atoms with van der Waals surface area (Å²) in [7, 11) is 0. The van der Waals surface area contributed by atoms with Gasteiger partial charge in [0.25, 0.3) is 0 Å². The minimum Gasteiger partial charge on any atom is -0.446 e. The van der Waals surface area contributed by atoms with Gasteiger partial charge in [-0.25, -0.2) is 9.59 Å². The van der Waals surface area contributed by atoms with Gasteiger partial charge in [-0.05, 0) is 25.0 Å². The predicted molar refractivity (Wildman–Crippen MR) is 78.4 cm³/mol. The number of anilines is 1. The molecule has 21 heavy (non-hydrogen) atoms. The first-order valence-electron chi connectivity index (χ1n) is 6.66. The summed E-state index contributed by atoms with van der Waals surface area (Å²) in [6.45, 7) is 5.04. The predicted octanol–water partition coefficient (Wildman–Crippen LogP) is 2.29. The van der Waals surface area contributed by atoms with Crippen LogP contribution in [-0.4, -0.2) is 24.1 Å². The minimum absolute atomic E-state index is 0.162. The number of carbonyl (C=O) groups excluding carboxylic acids is 2. The summed E-state index contributed by atoms with van der Waals surface area (Å²) in [6.07, 6.45) is -0.849. The largest absolute Gasteiger partial charge is 0.446 e. The third-order valence-electron chi connectivity index (χ3n) is 2.71. The fourth-order valence-electron chi connectivity index (χ4n) is 1.60. The van der Waals surface area contributed by atoms with Gasteiger partial charge in [0, 0.05) is 5.69 Å². The number of benzene rings is 1. The number of esters is 1. The van der Waals surface area contributed by atoms with E-state index in [0.29, 0.717) is 5.69 Å². The lowest BCUT2D eigenvalue weighted by Gasteiger charge is -2.21. The fourth-order valence-corrected chi connectivity index (χ4v) is 1.60. The Morgan fingerprint density at radius 1 is 1.19 bits per heavy atom. The molecule has 0 radical (unpaired) electrons. The van der Waals surface area contributed by atoms with Crippen LogP contribution in [0.3, 0.4) is 0 Å². The van der Waals surface area contributed by atoms with Crippen LogP contribution in [0, 0.1) is 17.2 Å². The molecule has 1 rings (SSSR count). The number of ether oxygens (including phenoxy) is 1. The molecular formula is C15H19N3O3. The zero-order chi connectivity index (χ0) is 15.8. The molecule has 112 valence electrons. The topological polar surface area (TPSA) is 91.2 Å². The highest BCUT2D eigenvalue weighted by molar-refractivity contribution is 5.92. The Morgan fingerprint density at radius 3 is 2.33 bits per heavy atom. The van der Waals surface area contributed by atoms with Gasteiger partial charge < -0.3 is 15.4 Å². The number of hydrogen-bond donors (Lipinski definition) is 2. The van der Waals surface area contributed by atoms with E-state index < -0.39 is 24.1 Å². The van der Waals surface area contributed by atoms with Crippen LogP contribution in [0.4, 0.5) is 10.5 Å². The molecule has 0 aliphatic carbocycles. The summed E-state index contributed by atoms with van der Waals surface area (Å²) < 4.78 is 4.93. The van der Waals surface area contributed by atoms with E-state index in [9.17, 15) is 9.59 Å². The van der Waals surface area contributed by atoms with Crippen molar-refractivity contribution in [3.63, 3.8) is 0 Å². The van der Waals surface area contributed by atoms with Crippen LogP contribution in [0.1, 0.15) is 20.8 Å². The standard InChI is InChI=1S/C15H19N3O3/c1-10(2)13(14(19)21-11(3)9-16)18-15(20)17-12-7-5-4-6-8-12/h4-8,10-11,13H,1-3H3,(H2,17,18,20)/t11-,13+/m1/s1. The van der Waals surface area contributed by atoms with Crippen molar-refractivity contribution in [3.05, 3.63) is 30.3 Å². The number of nitriles is 1. The van der Waals surface area contributed by atoms with Crippen molar-refractivity contribution in [2.45, 2.75) is 32.9 Å². The average Bonchev–Trinajstić information content (AvgIpc) is 2.45. The Balaban J connectivity index is 2.64. The number of hydrogen-bond acceptors (Lipinski definition) is 4. The van der Waals surface area contributed by atoms with Crippen LogP contribution in [0.15, 0.2) is 30.3 Å². The lowest BCUT2D eigenvalue weighted by Crippen LogP contribution is -2.47. The summed E-state index contributed by atoms with van der Waals surface area (Å²) in [5.74, 6) is -0.785. The Labute approximate surface area is 124 Å². The summed E-state index contributed by atoms with van der Waals surface area (Å²) in [4.78, 5) is 23.8. The number of nitrogens with zero attached hydrogens (tertiary/aromatic N) is 1. The number of urea groups is 1. The van der Waals surface area contributed by atoms with Crippen LogP contribution in [0.5, 0.6) is 0 Å². The molecule has 1 aromatic carbocycles. The zero-order valence-electron chi connectivity index (χ0n) is 12.3. The van der Waals surface area contributed by atoms with E-state index in [1.165, 1.54) is 6.92 Å². The molecule has 0 aromatic heterocycles. The van der Waals surface area contributed by atoms with Gasteiger partial charge in [0.2, 0.25) is 0 Å². The van der Waals surface area contributed by atoms with E-state index in [-0.39, 0.29) is 5.92 Å². The number of nitrogens with one attached hydrogen (secondary N) is 2. The molecule has 0 aliphatic heterocycles. The second-order valence-electron chi connectivity index (χ2n) is 4.89. The van der Waals surface area contributed by atoms with Gasteiger partial charge in [-0.15, -0.1) is 0 Å². The molecular weight excluding hydrogens is 270 g/mol. The van der Waals surface area contributed by atoms with E-state index >= 15 is 0 Å². The highest BCUT2D eigenvalue weighted by Crippen LogP contribution is 2.08. The lowest BCUT2D eigenvalue weighted by atomic mass is 10.1. The average molecular weight is 289 g/mol. The number of para-hydroxylation sites is 1. The third kappa shape index (κ3) is 5.53.